The lowest BCUT2D eigenvalue weighted by molar-refractivity contribution is 0.288. The van der Waals surface area contributed by atoms with Crippen molar-refractivity contribution in [2.24, 2.45) is 0 Å². The van der Waals surface area contributed by atoms with Gasteiger partial charge in [0, 0.05) is 6.54 Å². The monoisotopic (exact) mass is 303 g/mol. The minimum Gasteiger partial charge on any atom is -0.493 e. The van der Waals surface area contributed by atoms with Crippen LogP contribution in [0.25, 0.3) is 0 Å². The Labute approximate surface area is 131 Å². The quantitative estimate of drug-likeness (QED) is 0.721. The predicted molar refractivity (Wildman–Crippen MR) is 87.1 cm³/mol. The molecule has 22 heavy (non-hydrogen) atoms. The summed E-state index contributed by atoms with van der Waals surface area (Å²) in [6.07, 6.45) is 2.10. The molecule has 0 radical (unpaired) electrons. The summed E-state index contributed by atoms with van der Waals surface area (Å²) in [6.45, 7) is 3.32. The third-order valence-corrected chi connectivity index (χ3v) is 3.34. The van der Waals surface area contributed by atoms with Crippen LogP contribution in [0, 0.1) is 5.82 Å². The topological polar surface area (TPSA) is 30.5 Å². The van der Waals surface area contributed by atoms with Crippen molar-refractivity contribution in [3.8, 4) is 11.5 Å². The number of nitrogens with one attached hydrogen (secondary N) is 1. The molecule has 0 saturated carbocycles. The molecule has 0 heterocycles. The zero-order valence-corrected chi connectivity index (χ0v) is 13.1. The number of hydrogen-bond acceptors (Lipinski definition) is 3. The highest BCUT2D eigenvalue weighted by molar-refractivity contribution is 5.47. The van der Waals surface area contributed by atoms with Crippen molar-refractivity contribution in [2.45, 2.75) is 26.3 Å². The molecule has 0 fully saturated rings. The van der Waals surface area contributed by atoms with Gasteiger partial charge in [0.1, 0.15) is 5.82 Å². The van der Waals surface area contributed by atoms with Crippen LogP contribution in [0.3, 0.4) is 0 Å². The van der Waals surface area contributed by atoms with Gasteiger partial charge in [-0.15, -0.1) is 0 Å². The molecular weight excluding hydrogens is 281 g/mol. The average Bonchev–Trinajstić information content (AvgIpc) is 2.55. The van der Waals surface area contributed by atoms with Crippen LogP contribution in [0.15, 0.2) is 42.5 Å². The average molecular weight is 303 g/mol. The molecule has 0 aliphatic rings. The van der Waals surface area contributed by atoms with Crippen LogP contribution in [-0.4, -0.2) is 13.7 Å². The zero-order chi connectivity index (χ0) is 15.8. The number of methoxy groups -OCH3 is 1. The summed E-state index contributed by atoms with van der Waals surface area (Å²) in [7, 11) is 1.62. The molecule has 0 spiro atoms. The fourth-order valence-corrected chi connectivity index (χ4v) is 2.07. The van der Waals surface area contributed by atoms with Crippen molar-refractivity contribution in [3.63, 3.8) is 0 Å². The number of ether oxygens (including phenoxy) is 2. The normalized spacial score (nSPS) is 10.3. The largest absolute Gasteiger partial charge is 0.493 e. The summed E-state index contributed by atoms with van der Waals surface area (Å²) in [6, 6.07) is 12.4. The number of anilines is 1. The Balaban J connectivity index is 2.01. The maximum atomic E-state index is 13.6. The highest BCUT2D eigenvalue weighted by Gasteiger charge is 2.06. The van der Waals surface area contributed by atoms with Crippen LogP contribution in [0.1, 0.15) is 25.3 Å². The maximum Gasteiger partial charge on any atom is 0.161 e. The second-order valence-corrected chi connectivity index (χ2v) is 5.02. The number of para-hydroxylation sites is 1. The lowest BCUT2D eigenvalue weighted by atomic mass is 10.2. The van der Waals surface area contributed by atoms with Crippen LogP contribution in [0.2, 0.25) is 0 Å². The molecule has 4 heteroatoms. The molecule has 0 unspecified atom stereocenters. The van der Waals surface area contributed by atoms with Crippen molar-refractivity contribution >= 4 is 5.69 Å². The molecule has 0 atom stereocenters. The van der Waals surface area contributed by atoms with Gasteiger partial charge in [0.05, 0.1) is 19.4 Å². The van der Waals surface area contributed by atoms with E-state index in [1.165, 1.54) is 6.07 Å². The SMILES string of the molecule is CCCCOc1ccc(CNc2ccccc2F)cc1OC. The smallest absolute Gasteiger partial charge is 0.161 e. The Morgan fingerprint density at radius 1 is 1.09 bits per heavy atom. The fraction of sp³-hybridized carbons (Fsp3) is 0.333. The first-order chi connectivity index (χ1) is 10.7. The Kier molecular flexibility index (Phi) is 6.07. The molecule has 0 amide bonds. The first-order valence-corrected chi connectivity index (χ1v) is 7.52. The highest BCUT2D eigenvalue weighted by Crippen LogP contribution is 2.28. The van der Waals surface area contributed by atoms with Gasteiger partial charge >= 0.3 is 0 Å². The van der Waals surface area contributed by atoms with E-state index in [-0.39, 0.29) is 5.82 Å². The first-order valence-electron chi connectivity index (χ1n) is 7.52. The van der Waals surface area contributed by atoms with Crippen molar-refractivity contribution < 1.29 is 13.9 Å². The number of halogens is 1. The molecule has 0 bridgehead atoms. The van der Waals surface area contributed by atoms with E-state index in [0.29, 0.717) is 24.6 Å². The number of benzene rings is 2. The fourth-order valence-electron chi connectivity index (χ4n) is 2.07. The molecule has 118 valence electrons. The second-order valence-electron chi connectivity index (χ2n) is 5.02. The van der Waals surface area contributed by atoms with Crippen LogP contribution in [0.4, 0.5) is 10.1 Å². The van der Waals surface area contributed by atoms with E-state index in [2.05, 4.69) is 12.2 Å². The molecular formula is C18H22FNO2. The van der Waals surface area contributed by atoms with Gasteiger partial charge in [-0.2, -0.15) is 0 Å². The molecule has 0 aromatic heterocycles. The Bertz CT molecular complexity index is 601. The number of unbranched alkanes of at least 4 members (excludes halogenated alkanes) is 1. The van der Waals surface area contributed by atoms with E-state index in [4.69, 9.17) is 9.47 Å². The summed E-state index contributed by atoms with van der Waals surface area (Å²) in [4.78, 5) is 0. The van der Waals surface area contributed by atoms with E-state index in [0.717, 1.165) is 24.2 Å². The van der Waals surface area contributed by atoms with E-state index in [1.54, 1.807) is 25.3 Å². The minimum atomic E-state index is -0.256. The van der Waals surface area contributed by atoms with Gasteiger partial charge in [-0.05, 0) is 36.2 Å². The van der Waals surface area contributed by atoms with E-state index >= 15 is 0 Å². The van der Waals surface area contributed by atoms with Gasteiger partial charge in [-0.25, -0.2) is 4.39 Å². The Morgan fingerprint density at radius 3 is 2.64 bits per heavy atom. The van der Waals surface area contributed by atoms with Gasteiger partial charge in [0.15, 0.2) is 11.5 Å². The first kappa shape index (κ1) is 16.1. The van der Waals surface area contributed by atoms with Crippen LogP contribution < -0.4 is 14.8 Å². The van der Waals surface area contributed by atoms with Crippen LogP contribution in [-0.2, 0) is 6.54 Å². The molecule has 2 aromatic rings. The molecule has 0 saturated heterocycles. The van der Waals surface area contributed by atoms with Crippen molar-refractivity contribution in [2.75, 3.05) is 19.0 Å². The maximum absolute atomic E-state index is 13.6. The molecule has 1 N–H and O–H groups in total. The molecule has 0 aliphatic heterocycles. The van der Waals surface area contributed by atoms with Gasteiger partial charge in [0.2, 0.25) is 0 Å². The highest BCUT2D eigenvalue weighted by atomic mass is 19.1. The van der Waals surface area contributed by atoms with E-state index in [1.807, 2.05) is 18.2 Å². The Morgan fingerprint density at radius 2 is 1.91 bits per heavy atom. The minimum absolute atomic E-state index is 0.256. The van der Waals surface area contributed by atoms with Gasteiger partial charge in [0.25, 0.3) is 0 Å². The predicted octanol–water partition coefficient (Wildman–Crippen LogP) is 4.63. The van der Waals surface area contributed by atoms with E-state index in [9.17, 15) is 4.39 Å². The Hall–Kier alpha value is -2.23. The van der Waals surface area contributed by atoms with Crippen LogP contribution >= 0.6 is 0 Å². The summed E-state index contributed by atoms with van der Waals surface area (Å²) in [5.41, 5.74) is 1.49. The lowest BCUT2D eigenvalue weighted by Gasteiger charge is -2.13. The van der Waals surface area contributed by atoms with Gasteiger partial charge in [-0.1, -0.05) is 31.5 Å². The molecule has 2 aromatic carbocycles. The zero-order valence-electron chi connectivity index (χ0n) is 13.1. The van der Waals surface area contributed by atoms with Crippen LogP contribution in [0.5, 0.6) is 11.5 Å². The number of rotatable bonds is 8. The van der Waals surface area contributed by atoms with Crippen molar-refractivity contribution in [3.05, 3.63) is 53.8 Å². The second kappa shape index (κ2) is 8.27. The number of hydrogen-bond donors (Lipinski definition) is 1. The van der Waals surface area contributed by atoms with Crippen molar-refractivity contribution in [1.29, 1.82) is 0 Å². The van der Waals surface area contributed by atoms with Crippen molar-refractivity contribution in [1.82, 2.24) is 0 Å². The summed E-state index contributed by atoms with van der Waals surface area (Å²) in [5, 5.41) is 3.08. The van der Waals surface area contributed by atoms with Gasteiger partial charge in [-0.3, -0.25) is 0 Å². The molecule has 0 aliphatic carbocycles. The lowest BCUT2D eigenvalue weighted by Crippen LogP contribution is -2.03. The standard InChI is InChI=1S/C18H22FNO2/c1-3-4-11-22-17-10-9-14(12-18(17)21-2)13-20-16-8-6-5-7-15(16)19/h5-10,12,20H,3-4,11,13H2,1-2H3. The summed E-state index contributed by atoms with van der Waals surface area (Å²) in [5.74, 6) is 1.18. The molecule has 3 nitrogen and oxygen atoms in total. The van der Waals surface area contributed by atoms with E-state index < -0.39 is 0 Å². The third-order valence-electron chi connectivity index (χ3n) is 3.34. The molecule has 2 rings (SSSR count). The summed E-state index contributed by atoms with van der Waals surface area (Å²) < 4.78 is 24.6. The van der Waals surface area contributed by atoms with Gasteiger partial charge < -0.3 is 14.8 Å². The third kappa shape index (κ3) is 4.38. The summed E-state index contributed by atoms with van der Waals surface area (Å²) >= 11 is 0.